The summed E-state index contributed by atoms with van der Waals surface area (Å²) >= 11 is 6.00. The van der Waals surface area contributed by atoms with Crippen LogP contribution in [0.4, 0.5) is 0 Å². The molecule has 4 heteroatoms. The predicted molar refractivity (Wildman–Crippen MR) is 101 cm³/mol. The highest BCUT2D eigenvalue weighted by atomic mass is 35.5. The van der Waals surface area contributed by atoms with E-state index in [-0.39, 0.29) is 17.9 Å². The van der Waals surface area contributed by atoms with E-state index in [2.05, 4.69) is 17.0 Å². The van der Waals surface area contributed by atoms with Crippen molar-refractivity contribution in [3.63, 3.8) is 0 Å². The lowest BCUT2D eigenvalue weighted by Crippen LogP contribution is -2.45. The van der Waals surface area contributed by atoms with Crippen molar-refractivity contribution >= 4 is 17.6 Å². The van der Waals surface area contributed by atoms with Crippen molar-refractivity contribution in [3.05, 3.63) is 70.7 Å². The van der Waals surface area contributed by atoms with Crippen LogP contribution in [0.5, 0.6) is 0 Å². The second-order valence-corrected chi connectivity index (χ2v) is 7.01. The quantitative estimate of drug-likeness (QED) is 0.729. The van der Waals surface area contributed by atoms with Crippen LogP contribution < -0.4 is 0 Å². The van der Waals surface area contributed by atoms with Gasteiger partial charge in [-0.1, -0.05) is 60.5 Å². The maximum Gasteiger partial charge on any atom is 0.314 e. The minimum absolute atomic E-state index is 0.152. The number of ether oxygens (including phenoxy) is 1. The monoisotopic (exact) mass is 357 g/mol. The Morgan fingerprint density at radius 1 is 1.16 bits per heavy atom. The summed E-state index contributed by atoms with van der Waals surface area (Å²) in [6.07, 6.45) is 3.30. The second-order valence-electron chi connectivity index (χ2n) is 6.57. The van der Waals surface area contributed by atoms with Gasteiger partial charge in [-0.15, -0.1) is 0 Å². The summed E-state index contributed by atoms with van der Waals surface area (Å²) in [5.74, 6) is -0.405. The first kappa shape index (κ1) is 18.0. The van der Waals surface area contributed by atoms with Crippen molar-refractivity contribution in [2.45, 2.75) is 37.8 Å². The number of esters is 1. The van der Waals surface area contributed by atoms with Gasteiger partial charge in [-0.3, -0.25) is 9.69 Å². The average Bonchev–Trinajstić information content (AvgIpc) is 2.66. The average molecular weight is 358 g/mol. The van der Waals surface area contributed by atoms with Gasteiger partial charge in [0.2, 0.25) is 0 Å². The molecule has 3 rings (SSSR count). The lowest BCUT2D eigenvalue weighted by Gasteiger charge is -2.39. The van der Waals surface area contributed by atoms with Gasteiger partial charge in [-0.25, -0.2) is 0 Å². The lowest BCUT2D eigenvalue weighted by molar-refractivity contribution is -0.144. The fourth-order valence-corrected chi connectivity index (χ4v) is 3.84. The molecule has 0 aliphatic carbocycles. The molecule has 3 nitrogen and oxygen atoms in total. The first-order valence-electron chi connectivity index (χ1n) is 8.80. The summed E-state index contributed by atoms with van der Waals surface area (Å²) in [5, 5.41) is 0.746. The Bertz CT molecular complexity index is 687. The Morgan fingerprint density at radius 2 is 1.88 bits per heavy atom. The molecule has 1 aliphatic rings. The first-order valence-corrected chi connectivity index (χ1v) is 9.18. The molecule has 0 amide bonds. The van der Waals surface area contributed by atoms with Gasteiger partial charge in [0, 0.05) is 17.6 Å². The highest BCUT2D eigenvalue weighted by Gasteiger charge is 2.36. The molecule has 2 aromatic carbocycles. The van der Waals surface area contributed by atoms with Gasteiger partial charge in [-0.2, -0.15) is 0 Å². The number of rotatable bonds is 5. The number of likely N-dealkylation sites (tertiary alicyclic amines) is 1. The number of carbonyl (C=O) groups is 1. The fraction of sp³-hybridized carbons (Fsp3) is 0.381. The topological polar surface area (TPSA) is 29.5 Å². The van der Waals surface area contributed by atoms with Crippen molar-refractivity contribution in [2.75, 3.05) is 13.7 Å². The molecule has 1 fully saturated rings. The molecular formula is C21H24ClNO2. The van der Waals surface area contributed by atoms with Gasteiger partial charge in [0.25, 0.3) is 0 Å². The van der Waals surface area contributed by atoms with E-state index in [0.29, 0.717) is 0 Å². The SMILES string of the molecule is COC(=O)[C@H](c1ccccc1)[C@H]1CCCCN1Cc1ccc(Cl)cc1. The van der Waals surface area contributed by atoms with Gasteiger partial charge >= 0.3 is 5.97 Å². The van der Waals surface area contributed by atoms with Crippen LogP contribution in [0.1, 0.15) is 36.3 Å². The summed E-state index contributed by atoms with van der Waals surface area (Å²) in [6.45, 7) is 1.82. The predicted octanol–water partition coefficient (Wildman–Crippen LogP) is 4.65. The molecule has 0 radical (unpaired) electrons. The molecular weight excluding hydrogens is 334 g/mol. The lowest BCUT2D eigenvalue weighted by atomic mass is 9.85. The van der Waals surface area contributed by atoms with Gasteiger partial charge in [0.05, 0.1) is 13.0 Å². The van der Waals surface area contributed by atoms with Crippen LogP contribution in [-0.2, 0) is 16.1 Å². The van der Waals surface area contributed by atoms with Crippen LogP contribution >= 0.6 is 11.6 Å². The number of carbonyl (C=O) groups excluding carboxylic acids is 1. The maximum atomic E-state index is 12.6. The van der Waals surface area contributed by atoms with Crippen LogP contribution in [0.3, 0.4) is 0 Å². The van der Waals surface area contributed by atoms with E-state index < -0.39 is 0 Å². The van der Waals surface area contributed by atoms with E-state index >= 15 is 0 Å². The smallest absolute Gasteiger partial charge is 0.314 e. The van der Waals surface area contributed by atoms with Crippen molar-refractivity contribution in [1.82, 2.24) is 4.90 Å². The van der Waals surface area contributed by atoms with Gasteiger partial charge in [-0.05, 0) is 42.6 Å². The summed E-state index contributed by atoms with van der Waals surface area (Å²) in [5.41, 5.74) is 2.25. The normalized spacial score (nSPS) is 19.4. The zero-order valence-corrected chi connectivity index (χ0v) is 15.3. The number of halogens is 1. The summed E-state index contributed by atoms with van der Waals surface area (Å²) < 4.78 is 5.15. The van der Waals surface area contributed by atoms with Crippen molar-refractivity contribution in [3.8, 4) is 0 Å². The molecule has 25 heavy (non-hydrogen) atoms. The van der Waals surface area contributed by atoms with E-state index in [1.165, 1.54) is 12.7 Å². The van der Waals surface area contributed by atoms with Crippen LogP contribution in [0.15, 0.2) is 54.6 Å². The van der Waals surface area contributed by atoms with Crippen molar-refractivity contribution < 1.29 is 9.53 Å². The highest BCUT2D eigenvalue weighted by molar-refractivity contribution is 6.30. The van der Waals surface area contributed by atoms with Crippen LogP contribution in [0.2, 0.25) is 5.02 Å². The highest BCUT2D eigenvalue weighted by Crippen LogP contribution is 2.32. The van der Waals surface area contributed by atoms with Gasteiger partial charge in [0.1, 0.15) is 0 Å². The molecule has 132 valence electrons. The second kappa shape index (κ2) is 8.50. The number of benzene rings is 2. The summed E-state index contributed by atoms with van der Waals surface area (Å²) in [6, 6.07) is 18.1. The third kappa shape index (κ3) is 4.42. The molecule has 1 saturated heterocycles. The largest absolute Gasteiger partial charge is 0.469 e. The van der Waals surface area contributed by atoms with E-state index in [0.717, 1.165) is 42.9 Å². The Balaban J connectivity index is 1.86. The van der Waals surface area contributed by atoms with E-state index in [1.54, 1.807) is 0 Å². The fourth-order valence-electron chi connectivity index (χ4n) is 3.72. The summed E-state index contributed by atoms with van der Waals surface area (Å²) in [4.78, 5) is 15.0. The zero-order chi connectivity index (χ0) is 17.6. The van der Waals surface area contributed by atoms with E-state index in [4.69, 9.17) is 16.3 Å². The third-order valence-corrected chi connectivity index (χ3v) is 5.21. The molecule has 0 spiro atoms. The van der Waals surface area contributed by atoms with E-state index in [9.17, 15) is 4.79 Å². The third-order valence-electron chi connectivity index (χ3n) is 4.96. The molecule has 1 heterocycles. The molecule has 0 bridgehead atoms. The molecule has 2 atom stereocenters. The molecule has 0 saturated carbocycles. The van der Waals surface area contributed by atoms with Crippen LogP contribution in [0, 0.1) is 0 Å². The Labute approximate surface area is 154 Å². The Kier molecular flexibility index (Phi) is 6.11. The standard InChI is InChI=1S/C21H24ClNO2/c1-25-21(24)20(17-7-3-2-4-8-17)19-9-5-6-14-23(19)15-16-10-12-18(22)13-11-16/h2-4,7-8,10-13,19-20H,5-6,9,14-15H2,1H3/t19-,20-/m1/s1. The number of hydrogen-bond acceptors (Lipinski definition) is 3. The Hall–Kier alpha value is -1.84. The molecule has 1 aliphatic heterocycles. The zero-order valence-electron chi connectivity index (χ0n) is 14.5. The number of methoxy groups -OCH3 is 1. The van der Waals surface area contributed by atoms with Crippen LogP contribution in [-0.4, -0.2) is 30.6 Å². The Morgan fingerprint density at radius 3 is 2.56 bits per heavy atom. The van der Waals surface area contributed by atoms with Gasteiger partial charge < -0.3 is 4.74 Å². The number of nitrogens with zero attached hydrogens (tertiary/aromatic N) is 1. The number of piperidine rings is 1. The van der Waals surface area contributed by atoms with Gasteiger partial charge in [0.15, 0.2) is 0 Å². The summed E-state index contributed by atoms with van der Waals surface area (Å²) in [7, 11) is 1.48. The molecule has 0 aromatic heterocycles. The minimum Gasteiger partial charge on any atom is -0.469 e. The van der Waals surface area contributed by atoms with E-state index in [1.807, 2.05) is 42.5 Å². The maximum absolute atomic E-state index is 12.6. The van der Waals surface area contributed by atoms with Crippen molar-refractivity contribution in [2.24, 2.45) is 0 Å². The molecule has 2 aromatic rings. The molecule has 0 N–H and O–H groups in total. The van der Waals surface area contributed by atoms with Crippen LogP contribution in [0.25, 0.3) is 0 Å². The first-order chi connectivity index (χ1) is 12.2. The molecule has 0 unspecified atom stereocenters. The minimum atomic E-state index is -0.251. The van der Waals surface area contributed by atoms with Crippen molar-refractivity contribution in [1.29, 1.82) is 0 Å². The number of hydrogen-bond donors (Lipinski definition) is 0.